The number of hydrogen-bond donors (Lipinski definition) is 2. The molecule has 1 aromatic rings. The first-order valence-corrected chi connectivity index (χ1v) is 6.38. The van der Waals surface area contributed by atoms with Crippen LogP contribution in [0, 0.1) is 12.8 Å². The molecule has 6 nitrogen and oxygen atoms in total. The van der Waals surface area contributed by atoms with Gasteiger partial charge in [0.15, 0.2) is 0 Å². The largest absolute Gasteiger partial charge is 0.399 e. The van der Waals surface area contributed by atoms with Gasteiger partial charge in [-0.05, 0) is 30.7 Å². The number of nitrogen functional groups attached to an aromatic ring is 1. The van der Waals surface area contributed by atoms with Gasteiger partial charge >= 0.3 is 0 Å². The Kier molecular flexibility index (Phi) is 3.74. The third kappa shape index (κ3) is 2.79. The van der Waals surface area contributed by atoms with E-state index in [1.807, 2.05) is 6.92 Å². The summed E-state index contributed by atoms with van der Waals surface area (Å²) in [4.78, 5) is 36.2. The van der Waals surface area contributed by atoms with E-state index in [1.165, 1.54) is 0 Å². The average Bonchev–Trinajstić information content (AvgIpc) is 2.60. The maximum absolute atomic E-state index is 11.9. The quantitative estimate of drug-likeness (QED) is 0.633. The molecule has 1 aliphatic rings. The predicted octanol–water partition coefficient (Wildman–Crippen LogP) is 0.911. The van der Waals surface area contributed by atoms with Crippen LogP contribution in [0.2, 0.25) is 0 Å². The lowest BCUT2D eigenvalue weighted by atomic mass is 10.1. The number of nitrogens with two attached hydrogens (primary N) is 1. The molecule has 0 spiro atoms. The summed E-state index contributed by atoms with van der Waals surface area (Å²) in [6.45, 7) is 3.26. The third-order valence-corrected chi connectivity index (χ3v) is 3.30. The number of carbonyl (C=O) groups excluding carboxylic acids is 3. The SMILES string of the molecule is Cc1cc(N)ccc1NC(=O)CN1C(=O)CC(C)C1=O. The number of carbonyl (C=O) groups is 3. The van der Waals surface area contributed by atoms with Gasteiger partial charge in [-0.1, -0.05) is 6.92 Å². The van der Waals surface area contributed by atoms with Crippen molar-refractivity contribution >= 4 is 29.1 Å². The maximum Gasteiger partial charge on any atom is 0.244 e. The fourth-order valence-corrected chi connectivity index (χ4v) is 2.17. The van der Waals surface area contributed by atoms with Crippen molar-refractivity contribution in [3.63, 3.8) is 0 Å². The van der Waals surface area contributed by atoms with Crippen LogP contribution in [-0.2, 0) is 14.4 Å². The van der Waals surface area contributed by atoms with E-state index in [4.69, 9.17) is 5.73 Å². The normalized spacial score (nSPS) is 18.5. The molecule has 6 heteroatoms. The topological polar surface area (TPSA) is 92.5 Å². The highest BCUT2D eigenvalue weighted by atomic mass is 16.2. The van der Waals surface area contributed by atoms with E-state index < -0.39 is 5.91 Å². The minimum atomic E-state index is -0.395. The van der Waals surface area contributed by atoms with E-state index in [1.54, 1.807) is 25.1 Å². The van der Waals surface area contributed by atoms with Gasteiger partial charge in [0.1, 0.15) is 6.54 Å². The van der Waals surface area contributed by atoms with E-state index in [2.05, 4.69) is 5.32 Å². The van der Waals surface area contributed by atoms with E-state index in [0.29, 0.717) is 11.4 Å². The summed E-state index contributed by atoms with van der Waals surface area (Å²) in [5.74, 6) is -1.33. The second kappa shape index (κ2) is 5.32. The van der Waals surface area contributed by atoms with Gasteiger partial charge in [0.05, 0.1) is 0 Å². The highest BCUT2D eigenvalue weighted by molar-refractivity contribution is 6.07. The minimum Gasteiger partial charge on any atom is -0.399 e. The van der Waals surface area contributed by atoms with Gasteiger partial charge in [0.25, 0.3) is 0 Å². The lowest BCUT2D eigenvalue weighted by Gasteiger charge is -2.15. The predicted molar refractivity (Wildman–Crippen MR) is 74.7 cm³/mol. The molecule has 20 heavy (non-hydrogen) atoms. The van der Waals surface area contributed by atoms with Crippen LogP contribution in [0.5, 0.6) is 0 Å². The van der Waals surface area contributed by atoms with Crippen molar-refractivity contribution < 1.29 is 14.4 Å². The number of likely N-dealkylation sites (tertiary alicyclic amines) is 1. The Bertz CT molecular complexity index is 583. The van der Waals surface area contributed by atoms with E-state index >= 15 is 0 Å². The molecule has 3 amide bonds. The Morgan fingerprint density at radius 1 is 1.45 bits per heavy atom. The molecule has 0 aliphatic carbocycles. The Hall–Kier alpha value is -2.37. The van der Waals surface area contributed by atoms with Crippen molar-refractivity contribution in [3.05, 3.63) is 23.8 Å². The summed E-state index contributed by atoms with van der Waals surface area (Å²) in [6.07, 6.45) is 0.174. The van der Waals surface area contributed by atoms with Gasteiger partial charge < -0.3 is 11.1 Å². The molecule has 2 rings (SSSR count). The summed E-state index contributed by atoms with van der Waals surface area (Å²) in [7, 11) is 0. The molecule has 1 fully saturated rings. The number of hydrogen-bond acceptors (Lipinski definition) is 4. The molecule has 1 atom stereocenters. The van der Waals surface area contributed by atoms with Crippen LogP contribution in [0.1, 0.15) is 18.9 Å². The Morgan fingerprint density at radius 2 is 2.15 bits per heavy atom. The summed E-state index contributed by atoms with van der Waals surface area (Å²) < 4.78 is 0. The molecule has 0 saturated carbocycles. The molecule has 3 N–H and O–H groups in total. The summed E-state index contributed by atoms with van der Waals surface area (Å²) in [5.41, 5.74) is 7.69. The molecule has 1 unspecified atom stereocenters. The molecule has 1 heterocycles. The molecule has 0 radical (unpaired) electrons. The molecule has 1 aliphatic heterocycles. The Balaban J connectivity index is 2.03. The molecular weight excluding hydrogens is 258 g/mol. The van der Waals surface area contributed by atoms with E-state index in [-0.39, 0.29) is 30.7 Å². The number of imide groups is 1. The molecule has 0 bridgehead atoms. The van der Waals surface area contributed by atoms with E-state index in [9.17, 15) is 14.4 Å². The molecule has 1 aromatic carbocycles. The van der Waals surface area contributed by atoms with Crippen LogP contribution < -0.4 is 11.1 Å². The fourth-order valence-electron chi connectivity index (χ4n) is 2.17. The van der Waals surface area contributed by atoms with Crippen molar-refractivity contribution in [1.82, 2.24) is 4.90 Å². The molecular formula is C14H17N3O3. The van der Waals surface area contributed by atoms with Crippen LogP contribution in [0.25, 0.3) is 0 Å². The average molecular weight is 275 g/mol. The second-order valence-electron chi connectivity index (χ2n) is 5.05. The second-order valence-corrected chi connectivity index (χ2v) is 5.05. The first kappa shape index (κ1) is 14.0. The van der Waals surface area contributed by atoms with Gasteiger partial charge in [-0.25, -0.2) is 0 Å². The number of rotatable bonds is 3. The van der Waals surface area contributed by atoms with Gasteiger partial charge in [-0.15, -0.1) is 0 Å². The maximum atomic E-state index is 11.9. The zero-order valence-corrected chi connectivity index (χ0v) is 11.5. The molecule has 106 valence electrons. The third-order valence-electron chi connectivity index (χ3n) is 3.30. The molecule has 0 aromatic heterocycles. The number of benzene rings is 1. The van der Waals surface area contributed by atoms with Crippen LogP contribution in [0.3, 0.4) is 0 Å². The van der Waals surface area contributed by atoms with Crippen LogP contribution in [0.15, 0.2) is 18.2 Å². The highest BCUT2D eigenvalue weighted by Crippen LogP contribution is 2.20. The highest BCUT2D eigenvalue weighted by Gasteiger charge is 2.36. The van der Waals surface area contributed by atoms with Gasteiger partial charge in [0, 0.05) is 23.7 Å². The van der Waals surface area contributed by atoms with E-state index in [0.717, 1.165) is 10.5 Å². The Labute approximate surface area is 116 Å². The van der Waals surface area contributed by atoms with Gasteiger partial charge in [-0.2, -0.15) is 0 Å². The van der Waals surface area contributed by atoms with Crippen LogP contribution in [-0.4, -0.2) is 29.2 Å². The fraction of sp³-hybridized carbons (Fsp3) is 0.357. The minimum absolute atomic E-state index is 0.174. The van der Waals surface area contributed by atoms with Gasteiger partial charge in [-0.3, -0.25) is 19.3 Å². The number of anilines is 2. The number of nitrogens with one attached hydrogen (secondary N) is 1. The summed E-state index contributed by atoms with van der Waals surface area (Å²) in [6, 6.07) is 5.11. The van der Waals surface area contributed by atoms with Crippen molar-refractivity contribution in [2.24, 2.45) is 5.92 Å². The number of aryl methyl sites for hydroxylation is 1. The molecule has 1 saturated heterocycles. The zero-order chi connectivity index (χ0) is 14.9. The van der Waals surface area contributed by atoms with Crippen molar-refractivity contribution in [3.8, 4) is 0 Å². The van der Waals surface area contributed by atoms with Crippen LogP contribution in [0.4, 0.5) is 11.4 Å². The summed E-state index contributed by atoms with van der Waals surface area (Å²) >= 11 is 0. The van der Waals surface area contributed by atoms with Crippen molar-refractivity contribution in [1.29, 1.82) is 0 Å². The zero-order valence-electron chi connectivity index (χ0n) is 11.5. The first-order chi connectivity index (χ1) is 9.38. The number of amides is 3. The monoisotopic (exact) mass is 275 g/mol. The standard InChI is InChI=1S/C14H17N3O3/c1-8-5-10(15)3-4-11(8)16-12(18)7-17-13(19)6-9(2)14(17)20/h3-5,9H,6-7,15H2,1-2H3,(H,16,18). The van der Waals surface area contributed by atoms with Crippen LogP contribution >= 0.6 is 0 Å². The first-order valence-electron chi connectivity index (χ1n) is 6.38. The smallest absolute Gasteiger partial charge is 0.244 e. The lowest BCUT2D eigenvalue weighted by molar-refractivity contribution is -0.142. The Morgan fingerprint density at radius 3 is 2.70 bits per heavy atom. The van der Waals surface area contributed by atoms with Gasteiger partial charge in [0.2, 0.25) is 17.7 Å². The van der Waals surface area contributed by atoms with Crippen molar-refractivity contribution in [2.45, 2.75) is 20.3 Å². The van der Waals surface area contributed by atoms with Crippen molar-refractivity contribution in [2.75, 3.05) is 17.6 Å². The lowest BCUT2D eigenvalue weighted by Crippen LogP contribution is -2.37. The number of nitrogens with zero attached hydrogens (tertiary/aromatic N) is 1. The summed E-state index contributed by atoms with van der Waals surface area (Å²) in [5, 5.41) is 2.68.